The van der Waals surface area contributed by atoms with Crippen molar-refractivity contribution in [3.8, 4) is 5.75 Å². The first-order valence-corrected chi connectivity index (χ1v) is 5.49. The molecular weight excluding hydrogens is 200 g/mol. The average Bonchev–Trinajstić information content (AvgIpc) is 2.35. The molecule has 0 fully saturated rings. The number of carbonyl (C=O) groups excluding carboxylic acids is 1. The summed E-state index contributed by atoms with van der Waals surface area (Å²) < 4.78 is 5.15. The van der Waals surface area contributed by atoms with E-state index < -0.39 is 0 Å². The van der Waals surface area contributed by atoms with Crippen LogP contribution in [0.1, 0.15) is 24.5 Å². The Morgan fingerprint density at radius 2 is 2.25 bits per heavy atom. The molecule has 1 rings (SSSR count). The largest absolute Gasteiger partial charge is 0.497 e. The summed E-state index contributed by atoms with van der Waals surface area (Å²) in [4.78, 5) is 10.8. The first-order valence-electron chi connectivity index (χ1n) is 5.49. The highest BCUT2D eigenvalue weighted by atomic mass is 16.5. The maximum atomic E-state index is 10.8. The van der Waals surface area contributed by atoms with Gasteiger partial charge in [0, 0.05) is 5.92 Å². The van der Waals surface area contributed by atoms with Gasteiger partial charge in [0.05, 0.1) is 7.11 Å². The molecule has 0 aromatic heterocycles. The van der Waals surface area contributed by atoms with Gasteiger partial charge in [0.1, 0.15) is 12.0 Å². The molecule has 1 atom stereocenters. The summed E-state index contributed by atoms with van der Waals surface area (Å²) in [6.07, 6.45) is 4.46. The number of hydrogen-bond acceptors (Lipinski definition) is 2. The van der Waals surface area contributed by atoms with Crippen molar-refractivity contribution in [1.29, 1.82) is 0 Å². The second kappa shape index (κ2) is 6.11. The highest BCUT2D eigenvalue weighted by Crippen LogP contribution is 2.21. The SMILES string of the molecule is C=Cc1cc(OC)ccc1CC(C=O)CC. The first-order chi connectivity index (χ1) is 7.74. The van der Waals surface area contributed by atoms with Crippen LogP contribution in [0.3, 0.4) is 0 Å². The zero-order valence-corrected chi connectivity index (χ0v) is 9.90. The molecule has 0 aliphatic heterocycles. The van der Waals surface area contributed by atoms with Gasteiger partial charge in [-0.15, -0.1) is 0 Å². The van der Waals surface area contributed by atoms with Crippen LogP contribution in [-0.4, -0.2) is 13.4 Å². The summed E-state index contributed by atoms with van der Waals surface area (Å²) in [6, 6.07) is 5.86. The number of ether oxygens (including phenoxy) is 1. The van der Waals surface area contributed by atoms with Crippen molar-refractivity contribution >= 4 is 12.4 Å². The van der Waals surface area contributed by atoms with Gasteiger partial charge in [0.25, 0.3) is 0 Å². The quantitative estimate of drug-likeness (QED) is 0.686. The Morgan fingerprint density at radius 3 is 2.75 bits per heavy atom. The van der Waals surface area contributed by atoms with Crippen LogP contribution in [0.25, 0.3) is 6.08 Å². The molecule has 1 aromatic carbocycles. The number of benzene rings is 1. The number of methoxy groups -OCH3 is 1. The predicted octanol–water partition coefficient (Wildman–Crippen LogP) is 3.11. The van der Waals surface area contributed by atoms with Crippen molar-refractivity contribution in [3.63, 3.8) is 0 Å². The lowest BCUT2D eigenvalue weighted by atomic mass is 9.94. The van der Waals surface area contributed by atoms with Gasteiger partial charge < -0.3 is 9.53 Å². The molecule has 0 bridgehead atoms. The molecule has 2 nitrogen and oxygen atoms in total. The molecule has 2 heteroatoms. The van der Waals surface area contributed by atoms with E-state index in [1.165, 1.54) is 0 Å². The Labute approximate surface area is 96.9 Å². The van der Waals surface area contributed by atoms with E-state index in [2.05, 4.69) is 6.58 Å². The van der Waals surface area contributed by atoms with Gasteiger partial charge >= 0.3 is 0 Å². The van der Waals surface area contributed by atoms with Crippen LogP contribution in [0.5, 0.6) is 5.75 Å². The van der Waals surface area contributed by atoms with Gasteiger partial charge in [-0.1, -0.05) is 25.6 Å². The van der Waals surface area contributed by atoms with Crippen molar-refractivity contribution in [1.82, 2.24) is 0 Å². The van der Waals surface area contributed by atoms with E-state index in [-0.39, 0.29) is 5.92 Å². The lowest BCUT2D eigenvalue weighted by molar-refractivity contribution is -0.111. The van der Waals surface area contributed by atoms with Gasteiger partial charge in [-0.3, -0.25) is 0 Å². The van der Waals surface area contributed by atoms with Crippen LogP contribution in [-0.2, 0) is 11.2 Å². The molecule has 0 spiro atoms. The average molecular weight is 218 g/mol. The molecule has 1 unspecified atom stereocenters. The standard InChI is InChI=1S/C14H18O2/c1-4-11(10-15)8-13-6-7-14(16-3)9-12(13)5-2/h5-7,9-11H,2,4,8H2,1,3H3. The molecule has 0 amide bonds. The van der Waals surface area contributed by atoms with Crippen LogP contribution >= 0.6 is 0 Å². The second-order valence-electron chi connectivity index (χ2n) is 3.78. The van der Waals surface area contributed by atoms with E-state index in [9.17, 15) is 4.79 Å². The van der Waals surface area contributed by atoms with E-state index in [0.717, 1.165) is 36.0 Å². The molecule has 0 saturated carbocycles. The summed E-state index contributed by atoms with van der Waals surface area (Å²) in [5, 5.41) is 0. The van der Waals surface area contributed by atoms with Gasteiger partial charge in [0.15, 0.2) is 0 Å². The van der Waals surface area contributed by atoms with E-state index >= 15 is 0 Å². The molecule has 86 valence electrons. The Kier molecular flexibility index (Phi) is 4.77. The number of carbonyl (C=O) groups is 1. The smallest absolute Gasteiger partial charge is 0.123 e. The maximum absolute atomic E-state index is 10.8. The van der Waals surface area contributed by atoms with Crippen LogP contribution in [0, 0.1) is 5.92 Å². The second-order valence-corrected chi connectivity index (χ2v) is 3.78. The Morgan fingerprint density at radius 1 is 1.50 bits per heavy atom. The normalized spacial score (nSPS) is 11.9. The third kappa shape index (κ3) is 2.96. The summed E-state index contributed by atoms with van der Waals surface area (Å²) in [7, 11) is 1.64. The third-order valence-electron chi connectivity index (χ3n) is 2.77. The highest BCUT2D eigenvalue weighted by molar-refractivity contribution is 5.58. The van der Waals surface area contributed by atoms with E-state index in [1.807, 2.05) is 25.1 Å². The first kappa shape index (κ1) is 12.5. The molecule has 16 heavy (non-hydrogen) atoms. The van der Waals surface area contributed by atoms with Crippen LogP contribution < -0.4 is 4.74 Å². The summed E-state index contributed by atoms with van der Waals surface area (Å²) in [6.45, 7) is 5.81. The Hall–Kier alpha value is -1.57. The molecule has 0 N–H and O–H groups in total. The van der Waals surface area contributed by atoms with Crippen molar-refractivity contribution in [2.45, 2.75) is 19.8 Å². The topological polar surface area (TPSA) is 26.3 Å². The molecule has 0 heterocycles. The van der Waals surface area contributed by atoms with Gasteiger partial charge in [0.2, 0.25) is 0 Å². The fourth-order valence-electron chi connectivity index (χ4n) is 1.65. The molecule has 0 aliphatic rings. The lowest BCUT2D eigenvalue weighted by Crippen LogP contribution is -2.05. The predicted molar refractivity (Wildman–Crippen MR) is 66.6 cm³/mol. The number of aldehydes is 1. The summed E-state index contributed by atoms with van der Waals surface area (Å²) in [5.41, 5.74) is 2.19. The number of hydrogen-bond donors (Lipinski definition) is 0. The zero-order chi connectivity index (χ0) is 12.0. The molecular formula is C14H18O2. The van der Waals surface area contributed by atoms with Gasteiger partial charge in [-0.05, 0) is 36.1 Å². The highest BCUT2D eigenvalue weighted by Gasteiger charge is 2.09. The molecule has 0 saturated heterocycles. The minimum absolute atomic E-state index is 0.0899. The Bertz CT molecular complexity index is 369. The minimum Gasteiger partial charge on any atom is -0.497 e. The maximum Gasteiger partial charge on any atom is 0.123 e. The van der Waals surface area contributed by atoms with Crippen LogP contribution in [0.2, 0.25) is 0 Å². The van der Waals surface area contributed by atoms with Crippen molar-refractivity contribution in [3.05, 3.63) is 35.9 Å². The van der Waals surface area contributed by atoms with Crippen molar-refractivity contribution in [2.75, 3.05) is 7.11 Å². The lowest BCUT2D eigenvalue weighted by Gasteiger charge is -2.11. The van der Waals surface area contributed by atoms with Gasteiger partial charge in [-0.2, -0.15) is 0 Å². The van der Waals surface area contributed by atoms with Crippen LogP contribution in [0.15, 0.2) is 24.8 Å². The monoisotopic (exact) mass is 218 g/mol. The van der Waals surface area contributed by atoms with Crippen molar-refractivity contribution in [2.24, 2.45) is 5.92 Å². The fourth-order valence-corrected chi connectivity index (χ4v) is 1.65. The molecule has 1 aromatic rings. The van der Waals surface area contributed by atoms with E-state index in [4.69, 9.17) is 4.74 Å². The molecule has 0 radical (unpaired) electrons. The summed E-state index contributed by atoms with van der Waals surface area (Å²) in [5.74, 6) is 0.907. The minimum atomic E-state index is 0.0899. The molecule has 0 aliphatic carbocycles. The number of rotatable bonds is 6. The zero-order valence-electron chi connectivity index (χ0n) is 9.90. The van der Waals surface area contributed by atoms with E-state index in [0.29, 0.717) is 0 Å². The fraction of sp³-hybridized carbons (Fsp3) is 0.357. The third-order valence-corrected chi connectivity index (χ3v) is 2.77. The Balaban J connectivity index is 2.94. The van der Waals surface area contributed by atoms with Crippen LogP contribution in [0.4, 0.5) is 0 Å². The summed E-state index contributed by atoms with van der Waals surface area (Å²) >= 11 is 0. The van der Waals surface area contributed by atoms with E-state index in [1.54, 1.807) is 13.2 Å². The van der Waals surface area contributed by atoms with Crippen molar-refractivity contribution < 1.29 is 9.53 Å². The van der Waals surface area contributed by atoms with Gasteiger partial charge in [-0.25, -0.2) is 0 Å².